The zero-order valence-corrected chi connectivity index (χ0v) is 19.6. The lowest BCUT2D eigenvalue weighted by Crippen LogP contribution is -2.40. The van der Waals surface area contributed by atoms with Gasteiger partial charge >= 0.3 is 5.97 Å². The SMILES string of the molecule is O=C(Oc1ccccc1/C=C1\SC(=O)N(CC(=O)N2CCCC2)C1=O)c1cccc2ccccc12. The van der Waals surface area contributed by atoms with E-state index in [2.05, 4.69) is 0 Å². The summed E-state index contributed by atoms with van der Waals surface area (Å²) >= 11 is 0.774. The van der Waals surface area contributed by atoms with Gasteiger partial charge in [-0.25, -0.2) is 4.79 Å². The minimum absolute atomic E-state index is 0.179. The van der Waals surface area contributed by atoms with Crippen LogP contribution in [-0.4, -0.2) is 52.5 Å². The normalized spacial score (nSPS) is 17.0. The maximum Gasteiger partial charge on any atom is 0.344 e. The zero-order valence-electron chi connectivity index (χ0n) is 18.8. The maximum atomic E-state index is 13.0. The van der Waals surface area contributed by atoms with Gasteiger partial charge in [0.1, 0.15) is 12.3 Å². The summed E-state index contributed by atoms with van der Waals surface area (Å²) in [5, 5.41) is 1.22. The third kappa shape index (κ3) is 4.70. The summed E-state index contributed by atoms with van der Waals surface area (Å²) in [6.45, 7) is 1.04. The smallest absolute Gasteiger partial charge is 0.344 e. The van der Waals surface area contributed by atoms with Crippen LogP contribution in [0.15, 0.2) is 71.6 Å². The van der Waals surface area contributed by atoms with Crippen LogP contribution in [0.5, 0.6) is 5.75 Å². The summed E-state index contributed by atoms with van der Waals surface area (Å²) in [6, 6.07) is 19.8. The van der Waals surface area contributed by atoms with E-state index in [4.69, 9.17) is 4.74 Å². The van der Waals surface area contributed by atoms with Crippen LogP contribution >= 0.6 is 11.8 Å². The molecule has 2 aliphatic rings. The molecular formula is C27H22N2O5S. The highest BCUT2D eigenvalue weighted by molar-refractivity contribution is 8.18. The average Bonchev–Trinajstić information content (AvgIpc) is 3.50. The molecule has 5 rings (SSSR count). The molecule has 0 aromatic heterocycles. The molecule has 0 bridgehead atoms. The highest BCUT2D eigenvalue weighted by Gasteiger charge is 2.37. The first-order valence-electron chi connectivity index (χ1n) is 11.3. The molecule has 0 radical (unpaired) electrons. The number of imide groups is 1. The predicted octanol–water partition coefficient (Wildman–Crippen LogP) is 4.72. The molecule has 3 aromatic rings. The molecule has 0 atom stereocenters. The molecule has 0 aliphatic carbocycles. The van der Waals surface area contributed by atoms with Gasteiger partial charge in [0.05, 0.1) is 10.5 Å². The minimum Gasteiger partial charge on any atom is -0.422 e. The summed E-state index contributed by atoms with van der Waals surface area (Å²) in [5.41, 5.74) is 0.913. The molecule has 3 aromatic carbocycles. The Balaban J connectivity index is 1.36. The van der Waals surface area contributed by atoms with E-state index in [1.54, 1.807) is 41.3 Å². The molecule has 2 aliphatic heterocycles. The van der Waals surface area contributed by atoms with Crippen LogP contribution in [0, 0.1) is 0 Å². The first kappa shape index (κ1) is 22.9. The van der Waals surface area contributed by atoms with Crippen molar-refractivity contribution in [1.29, 1.82) is 0 Å². The number of amides is 3. The van der Waals surface area contributed by atoms with Gasteiger partial charge in [-0.1, -0.05) is 54.6 Å². The van der Waals surface area contributed by atoms with Gasteiger partial charge in [-0.2, -0.15) is 0 Å². The second-order valence-electron chi connectivity index (χ2n) is 8.31. The Morgan fingerprint density at radius 1 is 0.914 bits per heavy atom. The quantitative estimate of drug-likeness (QED) is 0.295. The van der Waals surface area contributed by atoms with E-state index in [1.807, 2.05) is 30.3 Å². The molecule has 8 heteroatoms. The van der Waals surface area contributed by atoms with Crippen molar-refractivity contribution in [1.82, 2.24) is 9.80 Å². The molecule has 2 heterocycles. The monoisotopic (exact) mass is 486 g/mol. The number of para-hydroxylation sites is 1. The molecule has 176 valence electrons. The number of rotatable bonds is 5. The fraction of sp³-hybridized carbons (Fsp3) is 0.185. The number of carbonyl (C=O) groups excluding carboxylic acids is 4. The molecule has 2 saturated heterocycles. The Bertz CT molecular complexity index is 1370. The van der Waals surface area contributed by atoms with Crippen LogP contribution in [0.4, 0.5) is 4.79 Å². The number of esters is 1. The first-order valence-corrected chi connectivity index (χ1v) is 12.1. The number of thioether (sulfide) groups is 1. The predicted molar refractivity (Wildman–Crippen MR) is 134 cm³/mol. The van der Waals surface area contributed by atoms with Gasteiger partial charge in [0.2, 0.25) is 5.91 Å². The number of ether oxygens (including phenoxy) is 1. The molecule has 0 spiro atoms. The molecule has 0 N–H and O–H groups in total. The number of fused-ring (bicyclic) bond motifs is 1. The average molecular weight is 487 g/mol. The second-order valence-corrected chi connectivity index (χ2v) is 9.30. The van der Waals surface area contributed by atoms with Crippen molar-refractivity contribution < 1.29 is 23.9 Å². The Kier molecular flexibility index (Phi) is 6.37. The number of nitrogens with zero attached hydrogens (tertiary/aromatic N) is 2. The van der Waals surface area contributed by atoms with E-state index >= 15 is 0 Å². The fourth-order valence-electron chi connectivity index (χ4n) is 4.23. The van der Waals surface area contributed by atoms with Crippen molar-refractivity contribution >= 4 is 51.6 Å². The van der Waals surface area contributed by atoms with E-state index in [0.717, 1.165) is 40.3 Å². The van der Waals surface area contributed by atoms with Crippen LogP contribution in [0.25, 0.3) is 16.8 Å². The Labute approximate surface area is 206 Å². The van der Waals surface area contributed by atoms with E-state index < -0.39 is 17.1 Å². The van der Waals surface area contributed by atoms with Crippen LogP contribution < -0.4 is 4.74 Å². The molecule has 35 heavy (non-hydrogen) atoms. The zero-order chi connectivity index (χ0) is 24.4. The van der Waals surface area contributed by atoms with Gasteiger partial charge in [0, 0.05) is 18.7 Å². The first-order chi connectivity index (χ1) is 17.0. The lowest BCUT2D eigenvalue weighted by Gasteiger charge is -2.18. The van der Waals surface area contributed by atoms with E-state index in [-0.39, 0.29) is 23.1 Å². The second kappa shape index (κ2) is 9.76. The van der Waals surface area contributed by atoms with E-state index in [0.29, 0.717) is 24.2 Å². The number of benzene rings is 3. The number of hydrogen-bond acceptors (Lipinski definition) is 6. The van der Waals surface area contributed by atoms with Crippen molar-refractivity contribution in [3.63, 3.8) is 0 Å². The van der Waals surface area contributed by atoms with Crippen molar-refractivity contribution in [3.05, 3.63) is 82.8 Å². The van der Waals surface area contributed by atoms with Crippen LogP contribution in [-0.2, 0) is 9.59 Å². The number of hydrogen-bond donors (Lipinski definition) is 0. The Morgan fingerprint density at radius 3 is 2.46 bits per heavy atom. The Hall–Kier alpha value is -3.91. The lowest BCUT2D eigenvalue weighted by molar-refractivity contribution is -0.135. The number of likely N-dealkylation sites (tertiary alicyclic amines) is 1. The number of carbonyl (C=O) groups is 4. The van der Waals surface area contributed by atoms with Crippen molar-refractivity contribution in [2.24, 2.45) is 0 Å². The molecule has 0 unspecified atom stereocenters. The minimum atomic E-state index is -0.525. The van der Waals surface area contributed by atoms with Gasteiger partial charge in [0.15, 0.2) is 0 Å². The standard InChI is InChI=1S/C27H22N2O5S/c30-24(28-14-5-6-15-28)17-29-25(31)23(35-27(29)33)16-19-9-2-4-13-22(19)34-26(32)21-12-7-10-18-8-1-3-11-20(18)21/h1-4,7-13,16H,5-6,14-15,17H2/b23-16-. The van der Waals surface area contributed by atoms with Crippen molar-refractivity contribution in [3.8, 4) is 5.75 Å². The van der Waals surface area contributed by atoms with Gasteiger partial charge < -0.3 is 9.64 Å². The highest BCUT2D eigenvalue weighted by Crippen LogP contribution is 2.34. The molecule has 0 saturated carbocycles. The lowest BCUT2D eigenvalue weighted by atomic mass is 10.0. The third-order valence-corrected chi connectivity index (χ3v) is 6.95. The van der Waals surface area contributed by atoms with Gasteiger partial charge in [-0.05, 0) is 53.6 Å². The van der Waals surface area contributed by atoms with Crippen molar-refractivity contribution in [2.75, 3.05) is 19.6 Å². The molecular weight excluding hydrogens is 464 g/mol. The third-order valence-electron chi connectivity index (χ3n) is 6.04. The van der Waals surface area contributed by atoms with E-state index in [1.165, 1.54) is 6.08 Å². The summed E-state index contributed by atoms with van der Waals surface area (Å²) in [6.07, 6.45) is 3.39. The summed E-state index contributed by atoms with van der Waals surface area (Å²) in [4.78, 5) is 53.7. The van der Waals surface area contributed by atoms with Crippen LogP contribution in [0.1, 0.15) is 28.8 Å². The molecule has 3 amide bonds. The fourth-order valence-corrected chi connectivity index (χ4v) is 5.06. The van der Waals surface area contributed by atoms with Gasteiger partial charge in [-0.15, -0.1) is 0 Å². The van der Waals surface area contributed by atoms with Crippen LogP contribution in [0.2, 0.25) is 0 Å². The van der Waals surface area contributed by atoms with Gasteiger partial charge in [0.25, 0.3) is 11.1 Å². The summed E-state index contributed by atoms with van der Waals surface area (Å²) < 4.78 is 5.71. The Morgan fingerprint density at radius 2 is 1.63 bits per heavy atom. The highest BCUT2D eigenvalue weighted by atomic mass is 32.2. The molecule has 2 fully saturated rings. The van der Waals surface area contributed by atoms with Gasteiger partial charge in [-0.3, -0.25) is 19.3 Å². The van der Waals surface area contributed by atoms with Crippen molar-refractivity contribution in [2.45, 2.75) is 12.8 Å². The summed E-state index contributed by atoms with van der Waals surface area (Å²) in [5.74, 6) is -1.00. The topological polar surface area (TPSA) is 84.0 Å². The largest absolute Gasteiger partial charge is 0.422 e. The van der Waals surface area contributed by atoms with Crippen LogP contribution in [0.3, 0.4) is 0 Å². The summed E-state index contributed by atoms with van der Waals surface area (Å²) in [7, 11) is 0. The molecule has 7 nitrogen and oxygen atoms in total. The van der Waals surface area contributed by atoms with E-state index in [9.17, 15) is 19.2 Å². The maximum absolute atomic E-state index is 13.0.